The molecule has 0 spiro atoms. The van der Waals surface area contributed by atoms with Gasteiger partial charge in [0.2, 0.25) is 0 Å². The zero-order valence-corrected chi connectivity index (χ0v) is 13.4. The zero-order chi connectivity index (χ0) is 14.6. The summed E-state index contributed by atoms with van der Waals surface area (Å²) in [6.07, 6.45) is 0.746. The first-order chi connectivity index (χ1) is 8.75. The molecular weight excluding hydrogens is 281 g/mol. The highest BCUT2D eigenvalue weighted by atomic mass is 35.5. The van der Waals surface area contributed by atoms with Crippen LogP contribution >= 0.6 is 23.2 Å². The molecule has 1 rings (SSSR count). The number of halogens is 2. The van der Waals surface area contributed by atoms with Crippen molar-refractivity contribution in [1.29, 1.82) is 0 Å². The second kappa shape index (κ2) is 6.62. The maximum atomic E-state index is 12.2. The monoisotopic (exact) mass is 301 g/mol. The maximum Gasteiger partial charge on any atom is 0.251 e. The summed E-state index contributed by atoms with van der Waals surface area (Å²) in [5, 5.41) is 3.65. The van der Waals surface area contributed by atoms with Crippen molar-refractivity contribution in [3.63, 3.8) is 0 Å². The second-order valence-corrected chi connectivity index (χ2v) is 6.62. The van der Waals surface area contributed by atoms with Crippen LogP contribution in [0.1, 0.15) is 43.1 Å². The molecule has 2 nitrogen and oxygen atoms in total. The van der Waals surface area contributed by atoms with E-state index in [0.29, 0.717) is 16.5 Å². The Morgan fingerprint density at radius 2 is 2.00 bits per heavy atom. The van der Waals surface area contributed by atoms with Crippen molar-refractivity contribution in [2.24, 2.45) is 5.41 Å². The molecule has 0 aliphatic heterocycles. The molecule has 1 amide bonds. The molecule has 0 heterocycles. The van der Waals surface area contributed by atoms with Crippen molar-refractivity contribution in [3.05, 3.63) is 34.3 Å². The van der Waals surface area contributed by atoms with Gasteiger partial charge in [-0.25, -0.2) is 0 Å². The largest absolute Gasteiger partial charge is 0.349 e. The molecule has 0 fully saturated rings. The zero-order valence-electron chi connectivity index (χ0n) is 11.9. The average molecular weight is 302 g/mol. The van der Waals surface area contributed by atoms with Crippen LogP contribution in [0, 0.1) is 12.3 Å². The Bertz CT molecular complexity index is 452. The number of hydrogen-bond acceptors (Lipinski definition) is 1. The molecule has 0 bridgehead atoms. The highest BCUT2D eigenvalue weighted by molar-refractivity contribution is 6.31. The molecule has 4 heteroatoms. The van der Waals surface area contributed by atoms with Crippen LogP contribution in [0.5, 0.6) is 0 Å². The van der Waals surface area contributed by atoms with Crippen molar-refractivity contribution in [2.75, 3.05) is 5.88 Å². The highest BCUT2D eigenvalue weighted by Gasteiger charge is 2.26. The van der Waals surface area contributed by atoms with Gasteiger partial charge < -0.3 is 5.32 Å². The summed E-state index contributed by atoms with van der Waals surface area (Å²) in [7, 11) is 0. The Kier molecular flexibility index (Phi) is 5.69. The van der Waals surface area contributed by atoms with E-state index in [1.165, 1.54) is 0 Å². The fourth-order valence-electron chi connectivity index (χ4n) is 1.81. The number of aryl methyl sites for hydroxylation is 1. The summed E-state index contributed by atoms with van der Waals surface area (Å²) in [5.41, 5.74) is 1.52. The van der Waals surface area contributed by atoms with Crippen LogP contribution in [-0.4, -0.2) is 17.8 Å². The summed E-state index contributed by atoms with van der Waals surface area (Å²) in [6.45, 7) is 8.18. The van der Waals surface area contributed by atoms with E-state index >= 15 is 0 Å². The number of carbonyl (C=O) groups is 1. The number of benzene rings is 1. The van der Waals surface area contributed by atoms with Gasteiger partial charge in [0.05, 0.1) is 0 Å². The van der Waals surface area contributed by atoms with E-state index in [1.54, 1.807) is 12.1 Å². The molecule has 0 aliphatic rings. The quantitative estimate of drug-likeness (QED) is 0.819. The number of amides is 1. The van der Waals surface area contributed by atoms with Crippen molar-refractivity contribution in [1.82, 2.24) is 5.32 Å². The van der Waals surface area contributed by atoms with Gasteiger partial charge in [0, 0.05) is 22.5 Å². The minimum Gasteiger partial charge on any atom is -0.349 e. The Hall–Kier alpha value is -0.730. The number of rotatable bonds is 4. The predicted molar refractivity (Wildman–Crippen MR) is 82.2 cm³/mol. The van der Waals surface area contributed by atoms with Gasteiger partial charge in [-0.3, -0.25) is 4.79 Å². The molecule has 1 N–H and O–H groups in total. The van der Waals surface area contributed by atoms with Gasteiger partial charge in [-0.05, 0) is 36.5 Å². The van der Waals surface area contributed by atoms with Crippen LogP contribution in [0.15, 0.2) is 18.2 Å². The van der Waals surface area contributed by atoms with Gasteiger partial charge in [0.25, 0.3) is 5.91 Å². The predicted octanol–water partition coefficient (Wildman–Crippen LogP) is 4.42. The van der Waals surface area contributed by atoms with Crippen LogP contribution in [0.4, 0.5) is 0 Å². The van der Waals surface area contributed by atoms with E-state index in [4.69, 9.17) is 23.2 Å². The summed E-state index contributed by atoms with van der Waals surface area (Å²) in [5.74, 6) is 0.420. The van der Waals surface area contributed by atoms with E-state index in [9.17, 15) is 4.79 Å². The molecule has 0 saturated heterocycles. The first-order valence-electron chi connectivity index (χ1n) is 6.38. The summed E-state index contributed by atoms with van der Waals surface area (Å²) < 4.78 is 0. The van der Waals surface area contributed by atoms with Gasteiger partial charge in [0.15, 0.2) is 0 Å². The van der Waals surface area contributed by atoms with Crippen molar-refractivity contribution in [2.45, 2.75) is 40.2 Å². The molecule has 1 aromatic carbocycles. The first kappa shape index (κ1) is 16.3. The van der Waals surface area contributed by atoms with E-state index in [2.05, 4.69) is 26.1 Å². The van der Waals surface area contributed by atoms with E-state index < -0.39 is 0 Å². The number of carbonyl (C=O) groups excluding carboxylic acids is 1. The summed E-state index contributed by atoms with van der Waals surface area (Å²) in [6, 6.07) is 5.38. The summed E-state index contributed by atoms with van der Waals surface area (Å²) in [4.78, 5) is 12.2. The van der Waals surface area contributed by atoms with Crippen LogP contribution in [-0.2, 0) is 0 Å². The van der Waals surface area contributed by atoms with E-state index in [1.807, 2.05) is 13.0 Å². The van der Waals surface area contributed by atoms with Crippen LogP contribution in [0.2, 0.25) is 5.02 Å². The molecule has 0 saturated carbocycles. The molecule has 0 aliphatic carbocycles. The van der Waals surface area contributed by atoms with E-state index in [0.717, 1.165) is 12.0 Å². The lowest BCUT2D eigenvalue weighted by atomic mass is 9.85. The Labute approximate surface area is 125 Å². The highest BCUT2D eigenvalue weighted by Crippen LogP contribution is 2.23. The minimum absolute atomic E-state index is 0.0287. The molecule has 1 atom stereocenters. The molecule has 0 radical (unpaired) electrons. The van der Waals surface area contributed by atoms with Gasteiger partial charge in [-0.2, -0.15) is 0 Å². The fourth-order valence-corrected chi connectivity index (χ4v) is 2.21. The lowest BCUT2D eigenvalue weighted by Crippen LogP contribution is -2.44. The topological polar surface area (TPSA) is 29.1 Å². The van der Waals surface area contributed by atoms with Crippen molar-refractivity contribution >= 4 is 29.1 Å². The molecule has 106 valence electrons. The molecule has 0 aromatic heterocycles. The third-order valence-corrected chi connectivity index (χ3v) is 3.81. The standard InChI is InChI=1S/C15H21Cl2NO/c1-10-5-6-11(9-12(10)17)14(19)18-13(7-8-16)15(2,3)4/h5-6,9,13H,7-8H2,1-4H3,(H,18,19). The molecular formula is C15H21Cl2NO. The van der Waals surface area contributed by atoms with Crippen LogP contribution in [0.3, 0.4) is 0 Å². The lowest BCUT2D eigenvalue weighted by molar-refractivity contribution is 0.0900. The Morgan fingerprint density at radius 1 is 1.37 bits per heavy atom. The second-order valence-electron chi connectivity index (χ2n) is 5.83. The van der Waals surface area contributed by atoms with Crippen LogP contribution < -0.4 is 5.32 Å². The van der Waals surface area contributed by atoms with Gasteiger partial charge >= 0.3 is 0 Å². The van der Waals surface area contributed by atoms with Crippen LogP contribution in [0.25, 0.3) is 0 Å². The van der Waals surface area contributed by atoms with Gasteiger partial charge in [-0.15, -0.1) is 11.6 Å². The maximum absolute atomic E-state index is 12.2. The van der Waals surface area contributed by atoms with Crippen molar-refractivity contribution < 1.29 is 4.79 Å². The average Bonchev–Trinajstić information content (AvgIpc) is 2.30. The van der Waals surface area contributed by atoms with E-state index in [-0.39, 0.29) is 17.4 Å². The number of nitrogens with one attached hydrogen (secondary N) is 1. The fraction of sp³-hybridized carbons (Fsp3) is 0.533. The third-order valence-electron chi connectivity index (χ3n) is 3.18. The molecule has 1 aromatic rings. The van der Waals surface area contributed by atoms with Gasteiger partial charge in [0.1, 0.15) is 0 Å². The smallest absolute Gasteiger partial charge is 0.251 e. The lowest BCUT2D eigenvalue weighted by Gasteiger charge is -2.31. The van der Waals surface area contributed by atoms with Gasteiger partial charge in [-0.1, -0.05) is 38.4 Å². The Morgan fingerprint density at radius 3 is 2.47 bits per heavy atom. The minimum atomic E-state index is -0.105. The third kappa shape index (κ3) is 4.70. The van der Waals surface area contributed by atoms with Crippen molar-refractivity contribution in [3.8, 4) is 0 Å². The summed E-state index contributed by atoms with van der Waals surface area (Å²) >= 11 is 11.8. The number of hydrogen-bond donors (Lipinski definition) is 1. The Balaban J connectivity index is 2.84. The normalized spacial score (nSPS) is 13.2. The molecule has 1 unspecified atom stereocenters. The SMILES string of the molecule is Cc1ccc(C(=O)NC(CCCl)C(C)(C)C)cc1Cl. The number of alkyl halides is 1. The molecule has 19 heavy (non-hydrogen) atoms. The first-order valence-corrected chi connectivity index (χ1v) is 7.30.